The molecule has 3 N–H and O–H groups in total. The van der Waals surface area contributed by atoms with Gasteiger partial charge in [-0.05, 0) is 24.3 Å². The molecule has 0 saturated carbocycles. The number of phenols is 1. The van der Waals surface area contributed by atoms with Crippen molar-refractivity contribution >= 4 is 58.6 Å². The molecule has 3 aromatic rings. The molecule has 122 valence electrons. The molecule has 5 nitrogen and oxygen atoms in total. The lowest BCUT2D eigenvalue weighted by Gasteiger charge is -2.17. The van der Waals surface area contributed by atoms with E-state index in [9.17, 15) is 14.7 Å². The second kappa shape index (κ2) is 6.39. The molecular formula is C16H10Cl2N2O3S. The van der Waals surface area contributed by atoms with Crippen molar-refractivity contribution in [3.63, 3.8) is 0 Å². The number of phenolic OH excluding ortho intramolecular Hbond substituents is 1. The number of aromatic hydroxyl groups is 1. The highest BCUT2D eigenvalue weighted by atomic mass is 35.5. The van der Waals surface area contributed by atoms with Gasteiger partial charge in [-0.3, -0.25) is 9.59 Å². The maximum atomic E-state index is 11.8. The van der Waals surface area contributed by atoms with Crippen molar-refractivity contribution in [1.82, 2.24) is 0 Å². The van der Waals surface area contributed by atoms with Crippen LogP contribution in [0.15, 0.2) is 50.9 Å². The normalized spacial score (nSPS) is 10.8. The number of hydrogen-bond donors (Lipinski definition) is 4. The van der Waals surface area contributed by atoms with E-state index in [0.29, 0.717) is 10.7 Å². The highest BCUT2D eigenvalue weighted by molar-refractivity contribution is 7.80. The summed E-state index contributed by atoms with van der Waals surface area (Å²) in [4.78, 5) is 23.8. The quantitative estimate of drug-likeness (QED) is 0.311. The van der Waals surface area contributed by atoms with Gasteiger partial charge in [0.1, 0.15) is 11.4 Å². The van der Waals surface area contributed by atoms with E-state index in [1.807, 2.05) is 0 Å². The van der Waals surface area contributed by atoms with Crippen LogP contribution in [0.1, 0.15) is 0 Å². The average Bonchev–Trinajstić information content (AvgIpc) is 2.58. The van der Waals surface area contributed by atoms with Gasteiger partial charge in [-0.1, -0.05) is 35.3 Å². The van der Waals surface area contributed by atoms with E-state index in [2.05, 4.69) is 23.3 Å². The Morgan fingerprint density at radius 2 is 1.42 bits per heavy atom. The zero-order valence-corrected chi connectivity index (χ0v) is 14.3. The monoisotopic (exact) mass is 380 g/mol. The van der Waals surface area contributed by atoms with Crippen LogP contribution in [0.25, 0.3) is 0 Å². The lowest BCUT2D eigenvalue weighted by atomic mass is 10.1. The number of hydrogen-bond acceptors (Lipinski definition) is 6. The number of nitrogens with one attached hydrogen (secondary N) is 2. The minimum Gasteiger partial charge on any atom is -0.505 e. The molecule has 0 spiro atoms. The average molecular weight is 381 g/mol. The van der Waals surface area contributed by atoms with Gasteiger partial charge in [0, 0.05) is 0 Å². The molecule has 3 rings (SSSR count). The van der Waals surface area contributed by atoms with Gasteiger partial charge in [-0.25, -0.2) is 0 Å². The zero-order chi connectivity index (χ0) is 17.4. The number of thiol groups is 1. The van der Waals surface area contributed by atoms with Crippen LogP contribution in [-0.4, -0.2) is 5.11 Å². The van der Waals surface area contributed by atoms with Gasteiger partial charge in [-0.15, -0.1) is 12.6 Å². The highest BCUT2D eigenvalue weighted by Crippen LogP contribution is 2.38. The Labute approximate surface area is 152 Å². The first-order valence-electron chi connectivity index (χ1n) is 6.72. The standard InChI is InChI=1S/C16H10Cl2N2O3S/c17-7-3-1-2-4-9(7)19-11-12(15(23)14(11)22)20-10-6-5-8(18)16(24)13(10)21/h1-6,19-21,24H. The van der Waals surface area contributed by atoms with Crippen molar-refractivity contribution in [3.8, 4) is 5.75 Å². The molecule has 0 aliphatic heterocycles. The van der Waals surface area contributed by atoms with E-state index >= 15 is 0 Å². The van der Waals surface area contributed by atoms with E-state index in [1.165, 1.54) is 12.1 Å². The first-order valence-corrected chi connectivity index (χ1v) is 7.92. The molecule has 0 aliphatic carbocycles. The summed E-state index contributed by atoms with van der Waals surface area (Å²) in [5.74, 6) is -0.220. The second-order valence-corrected chi connectivity index (χ2v) is 6.19. The fourth-order valence-electron chi connectivity index (χ4n) is 2.12. The van der Waals surface area contributed by atoms with Crippen LogP contribution >= 0.6 is 35.8 Å². The summed E-state index contributed by atoms with van der Waals surface area (Å²) in [7, 11) is 0. The third-order valence-corrected chi connectivity index (χ3v) is 4.63. The van der Waals surface area contributed by atoms with Gasteiger partial charge in [0.2, 0.25) is 0 Å². The number of para-hydroxylation sites is 1. The van der Waals surface area contributed by atoms with Crippen molar-refractivity contribution in [1.29, 1.82) is 0 Å². The largest absolute Gasteiger partial charge is 0.505 e. The molecule has 0 fully saturated rings. The van der Waals surface area contributed by atoms with Gasteiger partial charge in [0.05, 0.1) is 26.3 Å². The Bertz CT molecular complexity index is 1010. The zero-order valence-electron chi connectivity index (χ0n) is 11.9. The molecule has 8 heteroatoms. The van der Waals surface area contributed by atoms with Crippen LogP contribution in [0.5, 0.6) is 5.75 Å². The molecule has 3 aromatic carbocycles. The van der Waals surface area contributed by atoms with Crippen LogP contribution in [0.4, 0.5) is 22.7 Å². The molecule has 0 bridgehead atoms. The molecule has 24 heavy (non-hydrogen) atoms. The molecule has 0 saturated heterocycles. The highest BCUT2D eigenvalue weighted by Gasteiger charge is 2.23. The van der Waals surface area contributed by atoms with Crippen LogP contribution in [-0.2, 0) is 0 Å². The van der Waals surface area contributed by atoms with Gasteiger partial charge in [-0.2, -0.15) is 0 Å². The predicted octanol–water partition coefficient (Wildman–Crippen LogP) is 4.07. The Kier molecular flexibility index (Phi) is 4.45. The first kappa shape index (κ1) is 16.7. The van der Waals surface area contributed by atoms with E-state index in [0.717, 1.165) is 0 Å². The summed E-state index contributed by atoms with van der Waals surface area (Å²) in [5.41, 5.74) is -0.562. The summed E-state index contributed by atoms with van der Waals surface area (Å²) in [6, 6.07) is 9.81. The molecule has 0 amide bonds. The minimum absolute atomic E-state index is 0.0327. The molecule has 0 unspecified atom stereocenters. The minimum atomic E-state index is -0.695. The van der Waals surface area contributed by atoms with E-state index in [4.69, 9.17) is 23.2 Å². The third-order valence-electron chi connectivity index (χ3n) is 3.41. The lowest BCUT2D eigenvalue weighted by Crippen LogP contribution is -2.35. The fraction of sp³-hybridized carbons (Fsp3) is 0. The summed E-state index contributed by atoms with van der Waals surface area (Å²) in [5, 5.41) is 16.3. The van der Waals surface area contributed by atoms with Crippen molar-refractivity contribution in [2.45, 2.75) is 4.90 Å². The molecule has 0 radical (unpaired) electrons. The molecule has 0 heterocycles. The smallest absolute Gasteiger partial charge is 0.253 e. The van der Waals surface area contributed by atoms with Crippen molar-refractivity contribution in [2.75, 3.05) is 10.6 Å². The van der Waals surface area contributed by atoms with Crippen molar-refractivity contribution in [2.24, 2.45) is 0 Å². The van der Waals surface area contributed by atoms with Crippen LogP contribution in [0.2, 0.25) is 10.0 Å². The van der Waals surface area contributed by atoms with Crippen LogP contribution in [0.3, 0.4) is 0 Å². The van der Waals surface area contributed by atoms with E-state index in [1.54, 1.807) is 24.3 Å². The summed E-state index contributed by atoms with van der Waals surface area (Å²) < 4.78 is 0. The fourth-order valence-corrected chi connectivity index (χ4v) is 2.65. The first-order chi connectivity index (χ1) is 11.4. The molecule has 0 aromatic heterocycles. The van der Waals surface area contributed by atoms with E-state index < -0.39 is 10.9 Å². The number of benzene rings is 2. The Morgan fingerprint density at radius 1 is 0.833 bits per heavy atom. The Morgan fingerprint density at radius 3 is 2.04 bits per heavy atom. The van der Waals surface area contributed by atoms with E-state index in [-0.39, 0.29) is 32.7 Å². The summed E-state index contributed by atoms with van der Waals surface area (Å²) in [6.07, 6.45) is 0. The SMILES string of the molecule is O=c1c(Nc2ccccc2Cl)c(Nc2ccc(Cl)c(S)c2O)c1=O. The molecule has 0 atom stereocenters. The molecular weight excluding hydrogens is 371 g/mol. The number of anilines is 4. The maximum Gasteiger partial charge on any atom is 0.253 e. The van der Waals surface area contributed by atoms with Gasteiger partial charge < -0.3 is 15.7 Å². The second-order valence-electron chi connectivity index (χ2n) is 4.93. The van der Waals surface area contributed by atoms with Gasteiger partial charge in [0.15, 0.2) is 5.75 Å². The predicted molar refractivity (Wildman–Crippen MR) is 99.7 cm³/mol. The number of rotatable bonds is 4. The van der Waals surface area contributed by atoms with Crippen molar-refractivity contribution in [3.05, 3.63) is 66.9 Å². The Hall–Kier alpha value is -2.15. The van der Waals surface area contributed by atoms with Crippen LogP contribution < -0.4 is 21.5 Å². The lowest BCUT2D eigenvalue weighted by molar-refractivity contribution is 0.465. The topological polar surface area (TPSA) is 78.4 Å². The third kappa shape index (κ3) is 2.84. The van der Waals surface area contributed by atoms with Crippen molar-refractivity contribution < 1.29 is 5.11 Å². The summed E-state index contributed by atoms with van der Waals surface area (Å²) in [6.45, 7) is 0. The van der Waals surface area contributed by atoms with Gasteiger partial charge >= 0.3 is 0 Å². The molecule has 0 aliphatic rings. The Balaban J connectivity index is 1.96. The van der Waals surface area contributed by atoms with Crippen LogP contribution in [0, 0.1) is 0 Å². The maximum absolute atomic E-state index is 11.8. The number of halogens is 2. The van der Waals surface area contributed by atoms with Gasteiger partial charge in [0.25, 0.3) is 10.9 Å². The summed E-state index contributed by atoms with van der Waals surface area (Å²) >= 11 is 16.0.